The standard InChI is InChI=1S/C45H45N7O6/c53-40-28-37(46-22-4-1-5-23-46)43(56)50(40)34-16-10-31(11-17-34)49(32-12-18-35(19-13-32)51-41(54)29-38(44(51)57)47-24-6-2-7-25-47)33-14-20-36(21-15-33)52-42(55)30-39(45(52)58)48-26-8-3-9-27-48/h10-21,28-30H,1-9,22-27H2. The van der Waals surface area contributed by atoms with Gasteiger partial charge in [-0.3, -0.25) is 28.8 Å². The van der Waals surface area contributed by atoms with Gasteiger partial charge in [-0.1, -0.05) is 0 Å². The van der Waals surface area contributed by atoms with Crippen LogP contribution < -0.4 is 19.6 Å². The van der Waals surface area contributed by atoms with Crippen molar-refractivity contribution in [3.8, 4) is 0 Å². The molecule has 13 nitrogen and oxygen atoms in total. The van der Waals surface area contributed by atoms with Crippen molar-refractivity contribution in [1.29, 1.82) is 0 Å². The van der Waals surface area contributed by atoms with Gasteiger partial charge >= 0.3 is 0 Å². The molecule has 3 aromatic carbocycles. The van der Waals surface area contributed by atoms with Crippen LogP contribution in [-0.4, -0.2) is 89.4 Å². The van der Waals surface area contributed by atoms with Crippen molar-refractivity contribution >= 4 is 69.6 Å². The predicted octanol–water partition coefficient (Wildman–Crippen LogP) is 5.89. The largest absolute Gasteiger partial charge is 0.367 e. The van der Waals surface area contributed by atoms with E-state index in [1.54, 1.807) is 36.4 Å². The quantitative estimate of drug-likeness (QED) is 0.243. The minimum Gasteiger partial charge on any atom is -0.367 e. The number of carbonyl (C=O) groups is 6. The lowest BCUT2D eigenvalue weighted by Gasteiger charge is -2.30. The summed E-state index contributed by atoms with van der Waals surface area (Å²) in [4.78, 5) is 91.7. The van der Waals surface area contributed by atoms with Gasteiger partial charge in [0.05, 0.1) is 17.1 Å². The number of piperidine rings is 3. The second-order valence-corrected chi connectivity index (χ2v) is 15.6. The van der Waals surface area contributed by atoms with Crippen LogP contribution in [-0.2, 0) is 28.8 Å². The Morgan fingerprint density at radius 3 is 0.810 bits per heavy atom. The van der Waals surface area contributed by atoms with E-state index in [1.165, 1.54) is 32.9 Å². The van der Waals surface area contributed by atoms with E-state index in [0.29, 0.717) is 51.2 Å². The summed E-state index contributed by atoms with van der Waals surface area (Å²) in [6.07, 6.45) is 13.5. The highest BCUT2D eigenvalue weighted by atomic mass is 16.2. The third kappa shape index (κ3) is 6.73. The van der Waals surface area contributed by atoms with Gasteiger partial charge in [-0.25, -0.2) is 14.7 Å². The Hall–Kier alpha value is -6.50. The van der Waals surface area contributed by atoms with E-state index < -0.39 is 0 Å². The van der Waals surface area contributed by atoms with Crippen molar-refractivity contribution in [3.05, 3.63) is 108 Å². The Labute approximate surface area is 337 Å². The molecule has 0 N–H and O–H groups in total. The van der Waals surface area contributed by atoms with Crippen LogP contribution in [0.2, 0.25) is 0 Å². The summed E-state index contributed by atoms with van der Waals surface area (Å²) >= 11 is 0. The van der Waals surface area contributed by atoms with E-state index in [0.717, 1.165) is 97.1 Å². The van der Waals surface area contributed by atoms with Crippen LogP contribution in [0.15, 0.2) is 108 Å². The molecular weight excluding hydrogens is 735 g/mol. The number of anilines is 6. The lowest BCUT2D eigenvalue weighted by atomic mass is 10.1. The smallest absolute Gasteiger partial charge is 0.281 e. The maximum Gasteiger partial charge on any atom is 0.281 e. The van der Waals surface area contributed by atoms with Crippen LogP contribution >= 0.6 is 0 Å². The molecule has 3 aromatic rings. The van der Waals surface area contributed by atoms with E-state index >= 15 is 0 Å². The van der Waals surface area contributed by atoms with Crippen molar-refractivity contribution in [2.75, 3.05) is 58.9 Å². The molecule has 6 amide bonds. The molecule has 0 atom stereocenters. The fourth-order valence-electron chi connectivity index (χ4n) is 8.89. The monoisotopic (exact) mass is 779 g/mol. The molecule has 6 aliphatic heterocycles. The number of likely N-dealkylation sites (tertiary alicyclic amines) is 3. The summed E-state index contributed by atoms with van der Waals surface area (Å²) in [6.45, 7) is 4.48. The van der Waals surface area contributed by atoms with Crippen LogP contribution in [0.5, 0.6) is 0 Å². The SMILES string of the molecule is O=C1C=C(N2CCCCC2)C(=O)N1c1ccc(N(c2ccc(N3C(=O)C=C(N4CCCCC4)C3=O)cc2)c2ccc(N3C(=O)C=C(N4CCCCC4)C3=O)cc2)cc1. The number of nitrogens with zero attached hydrogens (tertiary/aromatic N) is 7. The second-order valence-electron chi connectivity index (χ2n) is 15.6. The lowest BCUT2D eigenvalue weighted by molar-refractivity contribution is -0.122. The Bertz CT molecular complexity index is 2010. The minimum absolute atomic E-state index is 0.337. The Balaban J connectivity index is 1.00. The average Bonchev–Trinajstić information content (AvgIpc) is 3.86. The maximum atomic E-state index is 13.5. The molecule has 6 heterocycles. The van der Waals surface area contributed by atoms with Crippen LogP contribution in [0.3, 0.4) is 0 Å². The highest BCUT2D eigenvalue weighted by molar-refractivity contribution is 6.32. The first-order chi connectivity index (χ1) is 28.3. The first-order valence-corrected chi connectivity index (χ1v) is 20.4. The van der Waals surface area contributed by atoms with Gasteiger partial charge in [-0.15, -0.1) is 0 Å². The Kier molecular flexibility index (Phi) is 9.88. The number of carbonyl (C=O) groups excluding carboxylic acids is 6. The molecule has 0 aromatic heterocycles. The van der Waals surface area contributed by atoms with E-state index in [1.807, 2.05) is 56.0 Å². The van der Waals surface area contributed by atoms with Gasteiger partial charge in [-0.05, 0) is 131 Å². The van der Waals surface area contributed by atoms with E-state index in [9.17, 15) is 28.8 Å². The highest BCUT2D eigenvalue weighted by Crippen LogP contribution is 2.39. The van der Waals surface area contributed by atoms with Gasteiger partial charge in [0.1, 0.15) is 17.1 Å². The van der Waals surface area contributed by atoms with Gasteiger partial charge in [0.2, 0.25) is 0 Å². The number of imide groups is 3. The van der Waals surface area contributed by atoms with Gasteiger partial charge in [0.25, 0.3) is 35.4 Å². The van der Waals surface area contributed by atoms with E-state index in [2.05, 4.69) is 0 Å². The van der Waals surface area contributed by atoms with Crippen molar-refractivity contribution in [2.45, 2.75) is 57.8 Å². The summed E-state index contributed by atoms with van der Waals surface area (Å²) in [6, 6.07) is 21.3. The summed E-state index contributed by atoms with van der Waals surface area (Å²) in [5, 5.41) is 0. The van der Waals surface area contributed by atoms with Gasteiger partial charge in [0, 0.05) is 74.6 Å². The molecule has 9 rings (SSSR count). The topological polar surface area (TPSA) is 125 Å². The first kappa shape index (κ1) is 37.1. The summed E-state index contributed by atoms with van der Waals surface area (Å²) in [7, 11) is 0. The molecule has 0 saturated carbocycles. The van der Waals surface area contributed by atoms with Crippen LogP contribution in [0.1, 0.15) is 57.8 Å². The molecular formula is C45H45N7O6. The van der Waals surface area contributed by atoms with E-state index in [-0.39, 0.29) is 35.4 Å². The molecule has 296 valence electrons. The van der Waals surface area contributed by atoms with Crippen LogP contribution in [0.25, 0.3) is 0 Å². The molecule has 0 unspecified atom stereocenters. The van der Waals surface area contributed by atoms with Gasteiger partial charge < -0.3 is 19.6 Å². The van der Waals surface area contributed by atoms with Gasteiger partial charge in [-0.2, -0.15) is 0 Å². The number of hydrogen-bond acceptors (Lipinski definition) is 10. The van der Waals surface area contributed by atoms with Crippen molar-refractivity contribution in [3.63, 3.8) is 0 Å². The Morgan fingerprint density at radius 1 is 0.328 bits per heavy atom. The molecule has 3 fully saturated rings. The zero-order valence-corrected chi connectivity index (χ0v) is 32.3. The third-order valence-electron chi connectivity index (χ3n) is 11.9. The predicted molar refractivity (Wildman–Crippen MR) is 219 cm³/mol. The molecule has 0 aliphatic carbocycles. The normalized spacial score (nSPS) is 20.4. The first-order valence-electron chi connectivity index (χ1n) is 20.4. The zero-order valence-electron chi connectivity index (χ0n) is 32.3. The highest BCUT2D eigenvalue weighted by Gasteiger charge is 2.38. The summed E-state index contributed by atoms with van der Waals surface area (Å²) < 4.78 is 0. The van der Waals surface area contributed by atoms with Crippen molar-refractivity contribution < 1.29 is 28.8 Å². The zero-order chi connectivity index (χ0) is 39.9. The minimum atomic E-state index is -0.380. The maximum absolute atomic E-state index is 13.5. The number of rotatable bonds is 9. The van der Waals surface area contributed by atoms with Crippen LogP contribution in [0.4, 0.5) is 34.1 Å². The number of benzene rings is 3. The summed E-state index contributed by atoms with van der Waals surface area (Å²) in [5.41, 5.74) is 4.69. The van der Waals surface area contributed by atoms with Crippen molar-refractivity contribution in [2.24, 2.45) is 0 Å². The van der Waals surface area contributed by atoms with Gasteiger partial charge in [0.15, 0.2) is 0 Å². The van der Waals surface area contributed by atoms with Crippen molar-refractivity contribution in [1.82, 2.24) is 14.7 Å². The number of hydrogen-bond donors (Lipinski definition) is 0. The molecule has 13 heteroatoms. The third-order valence-corrected chi connectivity index (χ3v) is 11.9. The molecule has 0 radical (unpaired) electrons. The second kappa shape index (κ2) is 15.4. The molecule has 58 heavy (non-hydrogen) atoms. The lowest BCUT2D eigenvalue weighted by Crippen LogP contribution is -2.37. The number of amides is 6. The molecule has 3 saturated heterocycles. The molecule has 0 bridgehead atoms. The fraction of sp³-hybridized carbons (Fsp3) is 0.333. The van der Waals surface area contributed by atoms with E-state index in [4.69, 9.17) is 0 Å². The fourth-order valence-corrected chi connectivity index (χ4v) is 8.89. The summed E-state index contributed by atoms with van der Waals surface area (Å²) in [5.74, 6) is -2.15. The Morgan fingerprint density at radius 2 is 0.569 bits per heavy atom. The molecule has 0 spiro atoms. The molecule has 6 aliphatic rings. The average molecular weight is 780 g/mol. The van der Waals surface area contributed by atoms with Crippen LogP contribution in [0, 0.1) is 0 Å².